The van der Waals surface area contributed by atoms with E-state index in [0.29, 0.717) is 0 Å². The SMILES string of the molecule is ClCCCCCCCCCCCBr.ClCl. The van der Waals surface area contributed by atoms with Crippen LogP contribution in [0.4, 0.5) is 0 Å². The Morgan fingerprint density at radius 1 is 0.600 bits per heavy atom. The number of halogens is 4. The fourth-order valence-corrected chi connectivity index (χ4v) is 2.01. The molecule has 0 atom stereocenters. The quantitative estimate of drug-likeness (QED) is 0.314. The first-order chi connectivity index (χ1) is 7.41. The van der Waals surface area contributed by atoms with Gasteiger partial charge in [0, 0.05) is 32.9 Å². The van der Waals surface area contributed by atoms with Gasteiger partial charge in [0.15, 0.2) is 0 Å². The molecule has 0 fully saturated rings. The number of rotatable bonds is 10. The Kier molecular flexibility index (Phi) is 25.8. The summed E-state index contributed by atoms with van der Waals surface area (Å²) >= 11 is 9.04. The second-order valence-electron chi connectivity index (χ2n) is 3.56. The van der Waals surface area contributed by atoms with Crippen molar-refractivity contribution in [1.82, 2.24) is 0 Å². The van der Waals surface area contributed by atoms with E-state index < -0.39 is 0 Å². The van der Waals surface area contributed by atoms with Crippen molar-refractivity contribution < 1.29 is 0 Å². The van der Waals surface area contributed by atoms with E-state index in [1.807, 2.05) is 0 Å². The van der Waals surface area contributed by atoms with Crippen molar-refractivity contribution >= 4 is 49.2 Å². The lowest BCUT2D eigenvalue weighted by Crippen LogP contribution is -1.82. The van der Waals surface area contributed by atoms with Crippen molar-refractivity contribution in [1.29, 1.82) is 0 Å². The standard InChI is InChI=1S/C11H22BrCl.Cl2/c12-10-8-6-4-2-1-3-5-7-9-11-13;1-2/h1-11H2;. The number of alkyl halides is 2. The Bertz CT molecular complexity index is 81.9. The van der Waals surface area contributed by atoms with E-state index in [2.05, 4.69) is 37.6 Å². The van der Waals surface area contributed by atoms with Gasteiger partial charge in [-0.3, -0.25) is 0 Å². The van der Waals surface area contributed by atoms with Gasteiger partial charge in [-0.15, -0.1) is 11.6 Å². The summed E-state index contributed by atoms with van der Waals surface area (Å²) in [6.45, 7) is 0. The molecule has 0 saturated heterocycles. The van der Waals surface area contributed by atoms with Crippen molar-refractivity contribution in [3.05, 3.63) is 0 Å². The zero-order valence-electron chi connectivity index (χ0n) is 9.29. The van der Waals surface area contributed by atoms with Crippen molar-refractivity contribution in [2.75, 3.05) is 11.2 Å². The maximum atomic E-state index is 5.59. The van der Waals surface area contributed by atoms with Gasteiger partial charge in [0.05, 0.1) is 0 Å². The minimum absolute atomic E-state index is 0.839. The van der Waals surface area contributed by atoms with E-state index in [4.69, 9.17) is 11.6 Å². The average Bonchev–Trinajstić information content (AvgIpc) is 2.30. The molecule has 0 amide bonds. The molecule has 0 radical (unpaired) electrons. The summed E-state index contributed by atoms with van der Waals surface area (Å²) in [5.74, 6) is 0.839. The molecule has 0 bridgehead atoms. The summed E-state index contributed by atoms with van der Waals surface area (Å²) in [6.07, 6.45) is 12.3. The average molecular weight is 341 g/mol. The van der Waals surface area contributed by atoms with Crippen LogP contribution < -0.4 is 0 Å². The van der Waals surface area contributed by atoms with Gasteiger partial charge in [0.2, 0.25) is 0 Å². The lowest BCUT2D eigenvalue weighted by molar-refractivity contribution is 0.574. The molecule has 0 rings (SSSR count). The van der Waals surface area contributed by atoms with Crippen LogP contribution in [0.15, 0.2) is 0 Å². The van der Waals surface area contributed by atoms with Crippen LogP contribution in [0.5, 0.6) is 0 Å². The highest BCUT2D eigenvalue weighted by atomic mass is 79.9. The summed E-state index contributed by atoms with van der Waals surface area (Å²) in [6, 6.07) is 0. The molecule has 0 heterocycles. The van der Waals surface area contributed by atoms with E-state index >= 15 is 0 Å². The minimum atomic E-state index is 0.839. The second kappa shape index (κ2) is 20.7. The van der Waals surface area contributed by atoms with Gasteiger partial charge in [0.25, 0.3) is 0 Å². The maximum absolute atomic E-state index is 5.59. The lowest BCUT2D eigenvalue weighted by atomic mass is 10.1. The van der Waals surface area contributed by atoms with Gasteiger partial charge >= 0.3 is 0 Å². The molecular weight excluding hydrogens is 318 g/mol. The second-order valence-corrected chi connectivity index (χ2v) is 4.73. The van der Waals surface area contributed by atoms with Crippen LogP contribution in [0.2, 0.25) is 0 Å². The molecule has 0 saturated carbocycles. The summed E-state index contributed by atoms with van der Waals surface area (Å²) < 4.78 is 0. The van der Waals surface area contributed by atoms with Gasteiger partial charge < -0.3 is 0 Å². The van der Waals surface area contributed by atoms with Crippen LogP contribution in [-0.4, -0.2) is 11.2 Å². The van der Waals surface area contributed by atoms with Crippen molar-refractivity contribution in [2.45, 2.75) is 57.8 Å². The normalized spacial score (nSPS) is 9.60. The molecule has 0 aromatic heterocycles. The molecule has 94 valence electrons. The Morgan fingerprint density at radius 2 is 0.933 bits per heavy atom. The predicted molar refractivity (Wildman–Crippen MR) is 77.8 cm³/mol. The van der Waals surface area contributed by atoms with E-state index in [0.717, 1.165) is 5.88 Å². The van der Waals surface area contributed by atoms with Crippen LogP contribution >= 0.6 is 49.2 Å². The Balaban J connectivity index is 0. The topological polar surface area (TPSA) is 0 Å². The highest BCUT2D eigenvalue weighted by Crippen LogP contribution is 2.10. The summed E-state index contributed by atoms with van der Waals surface area (Å²) in [7, 11) is 8.22. The van der Waals surface area contributed by atoms with Crippen LogP contribution in [0, 0.1) is 0 Å². The van der Waals surface area contributed by atoms with Gasteiger partial charge in [-0.2, -0.15) is 0 Å². The number of unbranched alkanes of at least 4 members (excludes halogenated alkanes) is 8. The van der Waals surface area contributed by atoms with Crippen molar-refractivity contribution in [3.8, 4) is 0 Å². The summed E-state index contributed by atoms with van der Waals surface area (Å²) in [5.41, 5.74) is 0. The fourth-order valence-electron chi connectivity index (χ4n) is 1.43. The van der Waals surface area contributed by atoms with Crippen LogP contribution in [0.1, 0.15) is 57.8 Å². The zero-order chi connectivity index (χ0) is 11.8. The van der Waals surface area contributed by atoms with E-state index in [1.165, 1.54) is 63.1 Å². The van der Waals surface area contributed by atoms with Gasteiger partial charge in [-0.25, -0.2) is 0 Å². The molecule has 0 aliphatic rings. The molecular formula is C11H22BrCl3. The smallest absolute Gasteiger partial charge is 0.0223 e. The molecule has 0 aliphatic heterocycles. The molecule has 0 aromatic rings. The molecule has 15 heavy (non-hydrogen) atoms. The monoisotopic (exact) mass is 338 g/mol. The Labute approximate surface area is 118 Å². The fraction of sp³-hybridized carbons (Fsp3) is 1.00. The Morgan fingerprint density at radius 3 is 1.27 bits per heavy atom. The third-order valence-corrected chi connectivity index (χ3v) is 3.10. The van der Waals surface area contributed by atoms with Gasteiger partial charge in [-0.1, -0.05) is 60.9 Å². The minimum Gasteiger partial charge on any atom is -0.127 e. The number of hydrogen-bond acceptors (Lipinski definition) is 0. The van der Waals surface area contributed by atoms with Crippen molar-refractivity contribution in [2.24, 2.45) is 0 Å². The van der Waals surface area contributed by atoms with Gasteiger partial charge in [0.1, 0.15) is 0 Å². The molecule has 0 nitrogen and oxygen atoms in total. The van der Waals surface area contributed by atoms with Crippen LogP contribution in [0.25, 0.3) is 0 Å². The van der Waals surface area contributed by atoms with Gasteiger partial charge in [-0.05, 0) is 12.8 Å². The van der Waals surface area contributed by atoms with Crippen LogP contribution in [0.3, 0.4) is 0 Å². The molecule has 0 aliphatic carbocycles. The highest BCUT2D eigenvalue weighted by Gasteiger charge is 1.91. The van der Waals surface area contributed by atoms with Crippen LogP contribution in [-0.2, 0) is 0 Å². The third kappa shape index (κ3) is 21.2. The van der Waals surface area contributed by atoms with E-state index in [-0.39, 0.29) is 0 Å². The first kappa shape index (κ1) is 18.7. The zero-order valence-corrected chi connectivity index (χ0v) is 13.1. The molecule has 0 N–H and O–H groups in total. The highest BCUT2D eigenvalue weighted by molar-refractivity contribution is 9.09. The third-order valence-electron chi connectivity index (χ3n) is 2.27. The maximum Gasteiger partial charge on any atom is 0.0223 e. The molecule has 0 unspecified atom stereocenters. The number of hydrogen-bond donors (Lipinski definition) is 0. The first-order valence-corrected chi connectivity index (χ1v) is 8.48. The van der Waals surface area contributed by atoms with Crippen molar-refractivity contribution in [3.63, 3.8) is 0 Å². The molecule has 4 heteroatoms. The Hall–Kier alpha value is 1.35. The first-order valence-electron chi connectivity index (χ1n) is 5.68. The largest absolute Gasteiger partial charge is 0.127 e. The molecule has 0 spiro atoms. The summed E-state index contributed by atoms with van der Waals surface area (Å²) in [4.78, 5) is 0. The lowest BCUT2D eigenvalue weighted by Gasteiger charge is -2.00. The predicted octanol–water partition coefficient (Wildman–Crippen LogP) is 6.51. The van der Waals surface area contributed by atoms with E-state index in [9.17, 15) is 0 Å². The molecule has 0 aromatic carbocycles. The summed E-state index contributed by atoms with van der Waals surface area (Å²) in [5, 5.41) is 1.17. The van der Waals surface area contributed by atoms with E-state index in [1.54, 1.807) is 0 Å².